The van der Waals surface area contributed by atoms with Gasteiger partial charge in [-0.05, 0) is 54.1 Å². The highest BCUT2D eigenvalue weighted by atomic mass is 16.4. The molecule has 4 aromatic rings. The second-order valence-corrected chi connectivity index (χ2v) is 6.55. The van der Waals surface area contributed by atoms with Crippen LogP contribution < -0.4 is 5.56 Å². The number of fused-ring (bicyclic) bond motifs is 1. The molecule has 0 fully saturated rings. The lowest BCUT2D eigenvalue weighted by Crippen LogP contribution is -2.22. The molecule has 0 aliphatic heterocycles. The monoisotopic (exact) mass is 393 g/mol. The fourth-order valence-corrected chi connectivity index (χ4v) is 3.13. The molecule has 1 heterocycles. The molecule has 0 bridgehead atoms. The quantitative estimate of drug-likeness (QED) is 0.562. The summed E-state index contributed by atoms with van der Waals surface area (Å²) in [6.07, 6.45) is 3.48. The Morgan fingerprint density at radius 3 is 2.50 bits per heavy atom. The normalized spacial score (nSPS) is 10.9. The third kappa shape index (κ3) is 3.60. The molecule has 0 spiro atoms. The zero-order valence-electron chi connectivity index (χ0n) is 15.7. The van der Waals surface area contributed by atoms with Gasteiger partial charge in [-0.15, -0.1) is 0 Å². The van der Waals surface area contributed by atoms with E-state index in [4.69, 9.17) is 5.26 Å². The summed E-state index contributed by atoms with van der Waals surface area (Å²) >= 11 is 0. The van der Waals surface area contributed by atoms with Gasteiger partial charge in [-0.3, -0.25) is 9.36 Å². The number of hydrogen-bond donors (Lipinski definition) is 1. The van der Waals surface area contributed by atoms with Crippen molar-refractivity contribution < 1.29 is 9.90 Å². The van der Waals surface area contributed by atoms with Crippen molar-refractivity contribution in [1.29, 1.82) is 5.26 Å². The molecule has 0 aliphatic carbocycles. The van der Waals surface area contributed by atoms with Gasteiger partial charge in [0.1, 0.15) is 5.82 Å². The molecule has 0 saturated heterocycles. The molecule has 144 valence electrons. The second-order valence-electron chi connectivity index (χ2n) is 6.55. The summed E-state index contributed by atoms with van der Waals surface area (Å²) < 4.78 is 1.40. The number of carbonyl (C=O) groups is 1. The number of nitrogens with zero attached hydrogens (tertiary/aromatic N) is 3. The molecule has 30 heavy (non-hydrogen) atoms. The standard InChI is InChI=1S/C24H15N3O3/c25-15-17-10-8-16(9-11-17)12-13-22-26-21-7-2-1-6-20(21)23(28)27(22)19-5-3-4-18(14-19)24(29)30/h1-14H,(H,29,30)/b13-12-. The number of benzene rings is 3. The van der Waals surface area contributed by atoms with Crippen LogP contribution in [0.3, 0.4) is 0 Å². The van der Waals surface area contributed by atoms with Gasteiger partial charge in [-0.25, -0.2) is 9.78 Å². The lowest BCUT2D eigenvalue weighted by Gasteiger charge is -2.12. The number of para-hydroxylation sites is 1. The van der Waals surface area contributed by atoms with Crippen molar-refractivity contribution in [3.05, 3.63) is 106 Å². The fourth-order valence-electron chi connectivity index (χ4n) is 3.13. The van der Waals surface area contributed by atoms with Crippen LogP contribution in [0.5, 0.6) is 0 Å². The van der Waals surface area contributed by atoms with Gasteiger partial charge in [0.25, 0.3) is 5.56 Å². The SMILES string of the molecule is N#Cc1ccc(/C=C\c2nc3ccccc3c(=O)n2-c2cccc(C(=O)O)c2)cc1. The minimum absolute atomic E-state index is 0.0783. The van der Waals surface area contributed by atoms with Gasteiger partial charge < -0.3 is 5.11 Å². The predicted molar refractivity (Wildman–Crippen MR) is 114 cm³/mol. The summed E-state index contributed by atoms with van der Waals surface area (Å²) in [4.78, 5) is 29.2. The number of hydrogen-bond acceptors (Lipinski definition) is 4. The van der Waals surface area contributed by atoms with Gasteiger partial charge in [0.05, 0.1) is 33.8 Å². The molecule has 1 aromatic heterocycles. The van der Waals surface area contributed by atoms with Gasteiger partial charge in [0.15, 0.2) is 0 Å². The highest BCUT2D eigenvalue weighted by Crippen LogP contribution is 2.17. The van der Waals surface area contributed by atoms with Crippen LogP contribution in [0, 0.1) is 11.3 Å². The molecular formula is C24H15N3O3. The smallest absolute Gasteiger partial charge is 0.335 e. The molecule has 4 rings (SSSR count). The summed E-state index contributed by atoms with van der Waals surface area (Å²) in [5, 5.41) is 18.7. The molecule has 0 radical (unpaired) electrons. The van der Waals surface area contributed by atoms with Crippen LogP contribution >= 0.6 is 0 Å². The van der Waals surface area contributed by atoms with E-state index in [-0.39, 0.29) is 11.1 Å². The maximum atomic E-state index is 13.2. The average Bonchev–Trinajstić information content (AvgIpc) is 2.78. The highest BCUT2D eigenvalue weighted by Gasteiger charge is 2.12. The minimum Gasteiger partial charge on any atom is -0.478 e. The van der Waals surface area contributed by atoms with Crippen molar-refractivity contribution in [3.63, 3.8) is 0 Å². The Bertz CT molecular complexity index is 1390. The van der Waals surface area contributed by atoms with Crippen LogP contribution in [0.4, 0.5) is 0 Å². The Morgan fingerprint density at radius 1 is 1.00 bits per heavy atom. The zero-order valence-corrected chi connectivity index (χ0v) is 15.7. The maximum absolute atomic E-state index is 13.2. The first-order valence-corrected chi connectivity index (χ1v) is 9.10. The van der Waals surface area contributed by atoms with E-state index in [0.717, 1.165) is 5.56 Å². The first kappa shape index (κ1) is 18.8. The van der Waals surface area contributed by atoms with Crippen LogP contribution in [0.1, 0.15) is 27.3 Å². The molecule has 0 saturated carbocycles. The van der Waals surface area contributed by atoms with E-state index in [1.54, 1.807) is 72.8 Å². The first-order valence-electron chi connectivity index (χ1n) is 9.10. The number of carboxylic acid groups (broad SMARTS) is 1. The number of aromatic carboxylic acids is 1. The molecule has 3 aromatic carbocycles. The average molecular weight is 393 g/mol. The molecule has 0 unspecified atom stereocenters. The number of aromatic nitrogens is 2. The Hall–Kier alpha value is -4.50. The fraction of sp³-hybridized carbons (Fsp3) is 0. The van der Waals surface area contributed by atoms with Crippen molar-refractivity contribution in [1.82, 2.24) is 9.55 Å². The first-order chi connectivity index (χ1) is 14.6. The van der Waals surface area contributed by atoms with E-state index < -0.39 is 5.97 Å². The minimum atomic E-state index is -1.08. The Kier molecular flexibility index (Phi) is 4.93. The molecule has 1 N–H and O–H groups in total. The molecule has 6 heteroatoms. The van der Waals surface area contributed by atoms with E-state index in [2.05, 4.69) is 11.1 Å². The van der Waals surface area contributed by atoms with Crippen LogP contribution in [-0.2, 0) is 0 Å². The summed E-state index contributed by atoms with van der Waals surface area (Å²) in [5.41, 5.74) is 2.14. The lowest BCUT2D eigenvalue weighted by molar-refractivity contribution is 0.0697. The van der Waals surface area contributed by atoms with Crippen molar-refractivity contribution in [2.75, 3.05) is 0 Å². The van der Waals surface area contributed by atoms with Gasteiger partial charge in [-0.1, -0.05) is 36.4 Å². The molecule has 0 aliphatic rings. The molecular weight excluding hydrogens is 378 g/mol. The molecule has 0 atom stereocenters. The summed E-state index contributed by atoms with van der Waals surface area (Å²) in [5.74, 6) is -0.709. The number of nitriles is 1. The van der Waals surface area contributed by atoms with E-state index in [0.29, 0.717) is 28.0 Å². The highest BCUT2D eigenvalue weighted by molar-refractivity contribution is 5.88. The zero-order chi connectivity index (χ0) is 21.1. The van der Waals surface area contributed by atoms with E-state index in [1.165, 1.54) is 16.7 Å². The second kappa shape index (κ2) is 7.86. The maximum Gasteiger partial charge on any atom is 0.335 e. The topological polar surface area (TPSA) is 96.0 Å². The van der Waals surface area contributed by atoms with Gasteiger partial charge in [0.2, 0.25) is 0 Å². The van der Waals surface area contributed by atoms with Crippen LogP contribution in [-0.4, -0.2) is 20.6 Å². The molecule has 6 nitrogen and oxygen atoms in total. The summed E-state index contributed by atoms with van der Waals surface area (Å²) in [7, 11) is 0. The summed E-state index contributed by atoms with van der Waals surface area (Å²) in [6, 6.07) is 22.3. The van der Waals surface area contributed by atoms with Crippen molar-refractivity contribution in [2.45, 2.75) is 0 Å². The number of rotatable bonds is 4. The lowest BCUT2D eigenvalue weighted by atomic mass is 10.1. The van der Waals surface area contributed by atoms with Crippen molar-refractivity contribution in [3.8, 4) is 11.8 Å². The Balaban J connectivity index is 1.91. The van der Waals surface area contributed by atoms with Crippen LogP contribution in [0.15, 0.2) is 77.6 Å². The largest absolute Gasteiger partial charge is 0.478 e. The summed E-state index contributed by atoms with van der Waals surface area (Å²) in [6.45, 7) is 0. The van der Waals surface area contributed by atoms with Gasteiger partial charge >= 0.3 is 5.97 Å². The number of carboxylic acids is 1. The van der Waals surface area contributed by atoms with Gasteiger partial charge in [-0.2, -0.15) is 5.26 Å². The Morgan fingerprint density at radius 2 is 1.77 bits per heavy atom. The van der Waals surface area contributed by atoms with Crippen molar-refractivity contribution in [2.24, 2.45) is 0 Å². The van der Waals surface area contributed by atoms with Crippen LogP contribution in [0.25, 0.3) is 28.7 Å². The third-order valence-electron chi connectivity index (χ3n) is 4.62. The predicted octanol–water partition coefficient (Wildman–Crippen LogP) is 4.13. The third-order valence-corrected chi connectivity index (χ3v) is 4.62. The van der Waals surface area contributed by atoms with E-state index >= 15 is 0 Å². The van der Waals surface area contributed by atoms with Crippen molar-refractivity contribution >= 4 is 29.0 Å². The Labute approximate surface area is 171 Å². The van der Waals surface area contributed by atoms with E-state index in [1.807, 2.05) is 0 Å². The van der Waals surface area contributed by atoms with Gasteiger partial charge in [0, 0.05) is 0 Å². The molecule has 0 amide bonds. The van der Waals surface area contributed by atoms with Crippen LogP contribution in [0.2, 0.25) is 0 Å². The van der Waals surface area contributed by atoms with E-state index in [9.17, 15) is 14.7 Å².